The Labute approximate surface area is 162 Å². The fraction of sp³-hybridized carbons (Fsp3) is 0.409. The van der Waals surface area contributed by atoms with Crippen LogP contribution in [0.2, 0.25) is 0 Å². The molecule has 1 amide bonds. The molecule has 1 N–H and O–H groups in total. The van der Waals surface area contributed by atoms with Crippen LogP contribution in [0.4, 0.5) is 5.69 Å². The molecule has 0 aromatic heterocycles. The monoisotopic (exact) mass is 370 g/mol. The van der Waals surface area contributed by atoms with Gasteiger partial charge in [0.25, 0.3) is 0 Å². The number of hydrogen-bond donors (Lipinski definition) is 1. The summed E-state index contributed by atoms with van der Waals surface area (Å²) in [5.41, 5.74) is 4.22. The number of rotatable bonds is 9. The van der Waals surface area contributed by atoms with Crippen molar-refractivity contribution in [2.75, 3.05) is 32.1 Å². The number of benzene rings is 2. The highest BCUT2D eigenvalue weighted by Crippen LogP contribution is 2.28. The third-order valence-corrected chi connectivity index (χ3v) is 4.63. The third-order valence-electron chi connectivity index (χ3n) is 4.63. The molecule has 0 aliphatic heterocycles. The van der Waals surface area contributed by atoms with E-state index in [4.69, 9.17) is 9.47 Å². The number of nitrogens with one attached hydrogen (secondary N) is 1. The number of ether oxygens (including phenoxy) is 2. The molecule has 0 aliphatic carbocycles. The van der Waals surface area contributed by atoms with Gasteiger partial charge in [0.1, 0.15) is 0 Å². The van der Waals surface area contributed by atoms with E-state index in [0.717, 1.165) is 29.1 Å². The van der Waals surface area contributed by atoms with E-state index in [1.54, 1.807) is 7.11 Å². The minimum absolute atomic E-state index is 0.0107. The molecule has 0 unspecified atom stereocenters. The van der Waals surface area contributed by atoms with Crippen molar-refractivity contribution in [2.24, 2.45) is 0 Å². The SMILES string of the molecule is CCOc1ccc(CN(CC)CC(=O)Nc2cccc(C)c2C)cc1OC. The summed E-state index contributed by atoms with van der Waals surface area (Å²) in [6, 6.07) is 11.8. The Hall–Kier alpha value is -2.53. The summed E-state index contributed by atoms with van der Waals surface area (Å²) in [6.45, 7) is 10.4. The molecule has 2 aromatic rings. The lowest BCUT2D eigenvalue weighted by atomic mass is 10.1. The Morgan fingerprint density at radius 3 is 2.56 bits per heavy atom. The quantitative estimate of drug-likeness (QED) is 0.720. The second-order valence-corrected chi connectivity index (χ2v) is 6.52. The average molecular weight is 370 g/mol. The number of nitrogens with zero attached hydrogens (tertiary/aromatic N) is 1. The largest absolute Gasteiger partial charge is 0.493 e. The number of aryl methyl sites for hydroxylation is 1. The Balaban J connectivity index is 2.02. The van der Waals surface area contributed by atoms with Crippen LogP contribution in [0.5, 0.6) is 11.5 Å². The highest BCUT2D eigenvalue weighted by atomic mass is 16.5. The van der Waals surface area contributed by atoms with Gasteiger partial charge in [-0.1, -0.05) is 25.1 Å². The highest BCUT2D eigenvalue weighted by molar-refractivity contribution is 5.93. The van der Waals surface area contributed by atoms with Crippen molar-refractivity contribution in [1.29, 1.82) is 0 Å². The first-order valence-corrected chi connectivity index (χ1v) is 9.36. The van der Waals surface area contributed by atoms with Crippen molar-refractivity contribution in [2.45, 2.75) is 34.2 Å². The molecule has 0 fully saturated rings. The topological polar surface area (TPSA) is 50.8 Å². The van der Waals surface area contributed by atoms with Crippen molar-refractivity contribution in [3.05, 3.63) is 53.1 Å². The van der Waals surface area contributed by atoms with Crippen LogP contribution in [-0.2, 0) is 11.3 Å². The molecule has 2 aromatic carbocycles. The molecule has 0 radical (unpaired) electrons. The summed E-state index contributed by atoms with van der Waals surface area (Å²) >= 11 is 0. The first-order chi connectivity index (χ1) is 13.0. The van der Waals surface area contributed by atoms with Gasteiger partial charge in [0.15, 0.2) is 11.5 Å². The second kappa shape index (κ2) is 9.97. The number of methoxy groups -OCH3 is 1. The average Bonchev–Trinajstić information content (AvgIpc) is 2.66. The molecule has 0 spiro atoms. The normalized spacial score (nSPS) is 10.7. The Kier molecular flexibility index (Phi) is 7.67. The van der Waals surface area contributed by atoms with E-state index in [2.05, 4.69) is 17.1 Å². The zero-order chi connectivity index (χ0) is 19.8. The fourth-order valence-electron chi connectivity index (χ4n) is 2.90. The van der Waals surface area contributed by atoms with Gasteiger partial charge in [0.2, 0.25) is 5.91 Å². The maximum atomic E-state index is 12.5. The molecule has 0 atom stereocenters. The van der Waals surface area contributed by atoms with Crippen LogP contribution in [0.25, 0.3) is 0 Å². The van der Waals surface area contributed by atoms with Crippen LogP contribution in [0.1, 0.15) is 30.5 Å². The molecular formula is C22H30N2O3. The van der Waals surface area contributed by atoms with Crippen molar-refractivity contribution in [1.82, 2.24) is 4.90 Å². The highest BCUT2D eigenvalue weighted by Gasteiger charge is 2.13. The fourth-order valence-corrected chi connectivity index (χ4v) is 2.90. The molecule has 0 saturated heterocycles. The number of hydrogen-bond acceptors (Lipinski definition) is 4. The smallest absolute Gasteiger partial charge is 0.238 e. The number of anilines is 1. The summed E-state index contributed by atoms with van der Waals surface area (Å²) in [7, 11) is 1.64. The maximum Gasteiger partial charge on any atom is 0.238 e. The number of carbonyl (C=O) groups is 1. The first-order valence-electron chi connectivity index (χ1n) is 9.36. The van der Waals surface area contributed by atoms with Crippen LogP contribution in [0, 0.1) is 13.8 Å². The number of amides is 1. The summed E-state index contributed by atoms with van der Waals surface area (Å²) in [5, 5.41) is 3.02. The Morgan fingerprint density at radius 1 is 1.11 bits per heavy atom. The molecule has 2 rings (SSSR count). The summed E-state index contributed by atoms with van der Waals surface area (Å²) < 4.78 is 11.0. The van der Waals surface area contributed by atoms with Crippen LogP contribution < -0.4 is 14.8 Å². The van der Waals surface area contributed by atoms with Crippen LogP contribution in [-0.4, -0.2) is 37.6 Å². The lowest BCUT2D eigenvalue weighted by Crippen LogP contribution is -2.33. The third kappa shape index (κ3) is 5.73. The van der Waals surface area contributed by atoms with Crippen molar-refractivity contribution in [3.63, 3.8) is 0 Å². The minimum atomic E-state index is -0.0107. The number of likely N-dealkylation sites (N-methyl/N-ethyl adjacent to an activating group) is 1. The van der Waals surface area contributed by atoms with Gasteiger partial charge in [0, 0.05) is 12.2 Å². The van der Waals surface area contributed by atoms with Crippen LogP contribution in [0.15, 0.2) is 36.4 Å². The van der Waals surface area contributed by atoms with Gasteiger partial charge in [-0.05, 0) is 62.2 Å². The predicted molar refractivity (Wildman–Crippen MR) is 110 cm³/mol. The maximum absolute atomic E-state index is 12.5. The lowest BCUT2D eigenvalue weighted by molar-refractivity contribution is -0.117. The van der Waals surface area contributed by atoms with Gasteiger partial charge in [-0.15, -0.1) is 0 Å². The summed E-state index contributed by atoms with van der Waals surface area (Å²) in [6.07, 6.45) is 0. The van der Waals surface area contributed by atoms with Crippen molar-refractivity contribution < 1.29 is 14.3 Å². The van der Waals surface area contributed by atoms with Crippen LogP contribution in [0.3, 0.4) is 0 Å². The standard InChI is InChI=1S/C22H30N2O3/c1-6-24(14-18-11-12-20(27-7-2)21(13-18)26-5)15-22(25)23-19-10-8-9-16(3)17(19)4/h8-13H,6-7,14-15H2,1-5H3,(H,23,25). The zero-order valence-corrected chi connectivity index (χ0v) is 17.0. The lowest BCUT2D eigenvalue weighted by Gasteiger charge is -2.21. The predicted octanol–water partition coefficient (Wildman–Crippen LogP) is 4.17. The summed E-state index contributed by atoms with van der Waals surface area (Å²) in [4.78, 5) is 14.6. The van der Waals surface area contributed by atoms with E-state index in [0.29, 0.717) is 25.4 Å². The van der Waals surface area contributed by atoms with Gasteiger partial charge in [-0.3, -0.25) is 9.69 Å². The molecular weight excluding hydrogens is 340 g/mol. The second-order valence-electron chi connectivity index (χ2n) is 6.52. The Bertz CT molecular complexity index is 774. The van der Waals surface area contributed by atoms with E-state index < -0.39 is 0 Å². The van der Waals surface area contributed by atoms with E-state index in [9.17, 15) is 4.79 Å². The van der Waals surface area contributed by atoms with Gasteiger partial charge in [-0.2, -0.15) is 0 Å². The van der Waals surface area contributed by atoms with Gasteiger partial charge in [0.05, 0.1) is 20.3 Å². The minimum Gasteiger partial charge on any atom is -0.493 e. The first kappa shape index (κ1) is 20.8. The molecule has 0 saturated carbocycles. The molecule has 0 bridgehead atoms. The molecule has 0 heterocycles. The Morgan fingerprint density at radius 2 is 1.89 bits per heavy atom. The van der Waals surface area contributed by atoms with Gasteiger partial charge >= 0.3 is 0 Å². The van der Waals surface area contributed by atoms with Gasteiger partial charge in [-0.25, -0.2) is 0 Å². The zero-order valence-electron chi connectivity index (χ0n) is 17.0. The molecule has 146 valence electrons. The van der Waals surface area contributed by atoms with E-state index in [-0.39, 0.29) is 5.91 Å². The summed E-state index contributed by atoms with van der Waals surface area (Å²) in [5.74, 6) is 1.44. The van der Waals surface area contributed by atoms with Crippen LogP contribution >= 0.6 is 0 Å². The van der Waals surface area contributed by atoms with E-state index in [1.165, 1.54) is 5.56 Å². The molecule has 5 heteroatoms. The number of carbonyl (C=O) groups excluding carboxylic acids is 1. The molecule has 0 aliphatic rings. The van der Waals surface area contributed by atoms with E-state index >= 15 is 0 Å². The van der Waals surface area contributed by atoms with Crippen molar-refractivity contribution >= 4 is 11.6 Å². The van der Waals surface area contributed by atoms with E-state index in [1.807, 2.05) is 57.2 Å². The van der Waals surface area contributed by atoms with Crippen molar-refractivity contribution in [3.8, 4) is 11.5 Å². The van der Waals surface area contributed by atoms with Gasteiger partial charge < -0.3 is 14.8 Å². The molecule has 5 nitrogen and oxygen atoms in total. The molecule has 27 heavy (non-hydrogen) atoms.